The number of thioether (sulfide) groups is 1. The lowest BCUT2D eigenvalue weighted by molar-refractivity contribution is -0.140. The molecule has 0 aromatic heterocycles. The van der Waals surface area contributed by atoms with Crippen molar-refractivity contribution in [1.82, 2.24) is 10.2 Å². The van der Waals surface area contributed by atoms with Gasteiger partial charge in [0, 0.05) is 34.5 Å². The average molecular weight is 453 g/mol. The fourth-order valence-corrected chi connectivity index (χ4v) is 3.98. The van der Waals surface area contributed by atoms with E-state index in [0.29, 0.717) is 36.0 Å². The van der Waals surface area contributed by atoms with Crippen LogP contribution in [0.15, 0.2) is 53.4 Å². The number of hydrogen-bond acceptors (Lipinski definition) is 3. The van der Waals surface area contributed by atoms with E-state index in [1.807, 2.05) is 49.4 Å². The lowest BCUT2D eigenvalue weighted by Gasteiger charge is -2.29. The van der Waals surface area contributed by atoms with Crippen molar-refractivity contribution in [2.75, 3.05) is 12.3 Å². The molecule has 2 rings (SSSR count). The second-order valence-corrected chi connectivity index (χ2v) is 8.60. The van der Waals surface area contributed by atoms with Gasteiger partial charge >= 0.3 is 0 Å². The molecule has 1 N–H and O–H groups in total. The Morgan fingerprint density at radius 1 is 1.10 bits per heavy atom. The molecule has 0 aliphatic heterocycles. The summed E-state index contributed by atoms with van der Waals surface area (Å²) in [7, 11) is 0. The zero-order valence-corrected chi connectivity index (χ0v) is 19.0. The van der Waals surface area contributed by atoms with Crippen molar-refractivity contribution in [2.45, 2.75) is 44.2 Å². The molecular weight excluding hydrogens is 427 g/mol. The summed E-state index contributed by atoms with van der Waals surface area (Å²) in [4.78, 5) is 28.0. The summed E-state index contributed by atoms with van der Waals surface area (Å²) in [5.74, 6) is 0.590. The number of rotatable bonds is 10. The van der Waals surface area contributed by atoms with E-state index in [2.05, 4.69) is 5.32 Å². The number of amides is 2. The van der Waals surface area contributed by atoms with Crippen molar-refractivity contribution in [1.29, 1.82) is 0 Å². The van der Waals surface area contributed by atoms with Crippen LogP contribution in [0.4, 0.5) is 0 Å². The summed E-state index contributed by atoms with van der Waals surface area (Å²) in [6, 6.07) is 14.5. The van der Waals surface area contributed by atoms with Crippen LogP contribution >= 0.6 is 35.0 Å². The minimum atomic E-state index is -0.567. The quantitative estimate of drug-likeness (QED) is 0.386. The highest BCUT2D eigenvalue weighted by Crippen LogP contribution is 2.23. The smallest absolute Gasteiger partial charge is 0.242 e. The Bertz CT molecular complexity index is 815. The SMILES string of the molecule is CCNC(=O)[C@@H](C)N(Cc1ccccc1Cl)C(=O)CCCSc1ccc(Cl)cc1. The summed E-state index contributed by atoms with van der Waals surface area (Å²) in [5.41, 5.74) is 0.828. The molecule has 0 aliphatic carbocycles. The van der Waals surface area contributed by atoms with Gasteiger partial charge in [0.05, 0.1) is 0 Å². The molecule has 0 aliphatic rings. The highest BCUT2D eigenvalue weighted by Gasteiger charge is 2.25. The standard InChI is InChI=1S/C22H26Cl2N2O2S/c1-3-25-22(28)16(2)26(15-17-7-4-5-8-20(17)24)21(27)9-6-14-29-19-12-10-18(23)11-13-19/h4-5,7-8,10-13,16H,3,6,9,14-15H2,1-2H3,(H,25,28)/t16-/m1/s1. The van der Waals surface area contributed by atoms with Crippen LogP contribution in [0.3, 0.4) is 0 Å². The van der Waals surface area contributed by atoms with Crippen LogP contribution in [0.1, 0.15) is 32.3 Å². The van der Waals surface area contributed by atoms with Crippen molar-refractivity contribution in [2.24, 2.45) is 0 Å². The monoisotopic (exact) mass is 452 g/mol. The van der Waals surface area contributed by atoms with Crippen molar-refractivity contribution < 1.29 is 9.59 Å². The van der Waals surface area contributed by atoms with Gasteiger partial charge in [0.1, 0.15) is 6.04 Å². The molecule has 0 saturated carbocycles. The van der Waals surface area contributed by atoms with Crippen molar-refractivity contribution in [3.63, 3.8) is 0 Å². The highest BCUT2D eigenvalue weighted by molar-refractivity contribution is 7.99. The van der Waals surface area contributed by atoms with E-state index in [0.717, 1.165) is 16.2 Å². The topological polar surface area (TPSA) is 49.4 Å². The molecule has 2 aromatic carbocycles. The van der Waals surface area contributed by atoms with Gasteiger partial charge in [0.15, 0.2) is 0 Å². The van der Waals surface area contributed by atoms with Gasteiger partial charge in [-0.15, -0.1) is 11.8 Å². The number of nitrogens with zero attached hydrogens (tertiary/aromatic N) is 1. The first-order valence-electron chi connectivity index (χ1n) is 9.61. The van der Waals surface area contributed by atoms with Gasteiger partial charge < -0.3 is 10.2 Å². The second kappa shape index (κ2) is 12.1. The van der Waals surface area contributed by atoms with Gasteiger partial charge in [-0.05, 0) is 61.9 Å². The highest BCUT2D eigenvalue weighted by atomic mass is 35.5. The molecule has 2 aromatic rings. The van der Waals surface area contributed by atoms with E-state index in [1.54, 1.807) is 29.7 Å². The lowest BCUT2D eigenvalue weighted by Crippen LogP contribution is -2.47. The van der Waals surface area contributed by atoms with Crippen LogP contribution in [0.25, 0.3) is 0 Å². The van der Waals surface area contributed by atoms with Gasteiger partial charge in [0.25, 0.3) is 0 Å². The first-order chi connectivity index (χ1) is 13.9. The van der Waals surface area contributed by atoms with Crippen LogP contribution in [-0.2, 0) is 16.1 Å². The molecule has 0 saturated heterocycles. The number of likely N-dealkylation sites (N-methyl/N-ethyl adjacent to an activating group) is 1. The molecule has 0 fully saturated rings. The maximum atomic E-state index is 12.9. The molecule has 4 nitrogen and oxygen atoms in total. The number of carbonyl (C=O) groups excluding carboxylic acids is 2. The minimum Gasteiger partial charge on any atom is -0.355 e. The van der Waals surface area contributed by atoms with E-state index < -0.39 is 6.04 Å². The van der Waals surface area contributed by atoms with Crippen LogP contribution in [0.5, 0.6) is 0 Å². The minimum absolute atomic E-state index is 0.0552. The summed E-state index contributed by atoms with van der Waals surface area (Å²) >= 11 is 13.9. The Kier molecular flexibility index (Phi) is 9.85. The molecule has 0 bridgehead atoms. The van der Waals surface area contributed by atoms with Gasteiger partial charge in [-0.1, -0.05) is 41.4 Å². The Labute approximate surface area is 187 Å². The van der Waals surface area contributed by atoms with Crippen molar-refractivity contribution in [3.05, 3.63) is 64.1 Å². The molecule has 156 valence electrons. The first-order valence-corrected chi connectivity index (χ1v) is 11.4. The summed E-state index contributed by atoms with van der Waals surface area (Å²) in [6.07, 6.45) is 1.09. The predicted molar refractivity (Wildman–Crippen MR) is 122 cm³/mol. The third-order valence-corrected chi connectivity index (χ3v) is 6.15. The van der Waals surface area contributed by atoms with Crippen LogP contribution in [-0.4, -0.2) is 35.1 Å². The maximum absolute atomic E-state index is 12.9. The zero-order valence-electron chi connectivity index (χ0n) is 16.7. The van der Waals surface area contributed by atoms with E-state index in [1.165, 1.54) is 0 Å². The third kappa shape index (κ3) is 7.57. The van der Waals surface area contributed by atoms with Crippen LogP contribution in [0.2, 0.25) is 10.0 Å². The molecular formula is C22H26Cl2N2O2S. The molecule has 0 radical (unpaired) electrons. The molecule has 7 heteroatoms. The first kappa shape index (κ1) is 23.6. The molecule has 1 atom stereocenters. The fourth-order valence-electron chi connectivity index (χ4n) is 2.80. The summed E-state index contributed by atoms with van der Waals surface area (Å²) in [6.45, 7) is 4.44. The Balaban J connectivity index is 1.98. The number of nitrogens with one attached hydrogen (secondary N) is 1. The summed E-state index contributed by atoms with van der Waals surface area (Å²) < 4.78 is 0. The molecule has 0 heterocycles. The number of halogens is 2. The number of hydrogen-bond donors (Lipinski definition) is 1. The summed E-state index contributed by atoms with van der Waals surface area (Å²) in [5, 5.41) is 4.09. The zero-order chi connectivity index (χ0) is 21.2. The number of benzene rings is 2. The van der Waals surface area contributed by atoms with E-state index in [-0.39, 0.29) is 11.8 Å². The van der Waals surface area contributed by atoms with Crippen LogP contribution in [0, 0.1) is 0 Å². The average Bonchev–Trinajstić information content (AvgIpc) is 2.71. The molecule has 2 amide bonds. The Morgan fingerprint density at radius 3 is 2.45 bits per heavy atom. The third-order valence-electron chi connectivity index (χ3n) is 4.43. The predicted octanol–water partition coefficient (Wildman–Crippen LogP) is 5.42. The fraction of sp³-hybridized carbons (Fsp3) is 0.364. The van der Waals surface area contributed by atoms with E-state index in [4.69, 9.17) is 23.2 Å². The normalized spacial score (nSPS) is 11.7. The largest absolute Gasteiger partial charge is 0.355 e. The second-order valence-electron chi connectivity index (χ2n) is 6.59. The van der Waals surface area contributed by atoms with E-state index in [9.17, 15) is 9.59 Å². The van der Waals surface area contributed by atoms with Crippen molar-refractivity contribution in [3.8, 4) is 0 Å². The van der Waals surface area contributed by atoms with Gasteiger partial charge in [0.2, 0.25) is 11.8 Å². The maximum Gasteiger partial charge on any atom is 0.242 e. The van der Waals surface area contributed by atoms with Crippen LogP contribution < -0.4 is 5.32 Å². The van der Waals surface area contributed by atoms with Crippen molar-refractivity contribution >= 4 is 46.8 Å². The van der Waals surface area contributed by atoms with Gasteiger partial charge in [-0.2, -0.15) is 0 Å². The Morgan fingerprint density at radius 2 is 1.79 bits per heavy atom. The number of carbonyl (C=O) groups is 2. The molecule has 0 unspecified atom stereocenters. The lowest BCUT2D eigenvalue weighted by atomic mass is 10.1. The molecule has 29 heavy (non-hydrogen) atoms. The molecule has 0 spiro atoms. The Hall–Kier alpha value is -1.69. The van der Waals surface area contributed by atoms with Gasteiger partial charge in [-0.3, -0.25) is 9.59 Å². The van der Waals surface area contributed by atoms with E-state index >= 15 is 0 Å². The van der Waals surface area contributed by atoms with Gasteiger partial charge in [-0.25, -0.2) is 0 Å².